The zero-order chi connectivity index (χ0) is 6.10. The molecule has 0 fully saturated rings. The lowest BCUT2D eigenvalue weighted by molar-refractivity contribution is 0.0646. The number of fused-ring (bicyclic) bond motifs is 1. The largest absolute Gasteiger partial charge is 0.368 e. The molecule has 2 aliphatic rings. The molecule has 0 saturated carbocycles. The highest BCUT2D eigenvalue weighted by Crippen LogP contribution is 2.21. The Labute approximate surface area is 53.4 Å². The predicted octanol–water partition coefficient (Wildman–Crippen LogP) is 0.809. The molecule has 0 aromatic heterocycles. The van der Waals surface area contributed by atoms with Gasteiger partial charge < -0.3 is 4.84 Å². The van der Waals surface area contributed by atoms with Crippen molar-refractivity contribution in [3.63, 3.8) is 0 Å². The van der Waals surface area contributed by atoms with Crippen LogP contribution in [0.15, 0.2) is 10.1 Å². The van der Waals surface area contributed by atoms with Gasteiger partial charge in [0.2, 0.25) is 6.23 Å². The number of rotatable bonds is 0. The molecule has 2 unspecified atom stereocenters. The van der Waals surface area contributed by atoms with Crippen LogP contribution in [0, 0.1) is 5.92 Å². The minimum absolute atomic E-state index is 0.0127. The van der Waals surface area contributed by atoms with Crippen molar-refractivity contribution in [1.29, 1.82) is 0 Å². The van der Waals surface area contributed by atoms with E-state index < -0.39 is 0 Å². The number of oxime groups is 1. The number of aliphatic imine (C=N–C) groups is 1. The zero-order valence-corrected chi connectivity index (χ0v) is 5.03. The molecule has 3 nitrogen and oxygen atoms in total. The van der Waals surface area contributed by atoms with Gasteiger partial charge in [-0.2, -0.15) is 0 Å². The first kappa shape index (κ1) is 4.97. The van der Waals surface area contributed by atoms with Crippen LogP contribution in [0.25, 0.3) is 0 Å². The van der Waals surface area contributed by atoms with E-state index in [0.717, 1.165) is 12.8 Å². The Hall–Kier alpha value is -0.860. The quantitative estimate of drug-likeness (QED) is 0.470. The summed E-state index contributed by atoms with van der Waals surface area (Å²) in [6.07, 6.45) is 5.98. The molecule has 0 aromatic rings. The number of hydrogen-bond donors (Lipinski definition) is 0. The number of nitrogens with zero attached hydrogens (tertiary/aromatic N) is 2. The van der Waals surface area contributed by atoms with Gasteiger partial charge in [-0.05, 0) is 12.8 Å². The van der Waals surface area contributed by atoms with Gasteiger partial charge in [0.25, 0.3) is 0 Å². The molecule has 9 heavy (non-hydrogen) atoms. The fourth-order valence-corrected chi connectivity index (χ4v) is 1.13. The fourth-order valence-electron chi connectivity index (χ4n) is 1.13. The van der Waals surface area contributed by atoms with Crippen molar-refractivity contribution in [1.82, 2.24) is 0 Å². The molecule has 2 aliphatic heterocycles. The molecule has 0 saturated heterocycles. The van der Waals surface area contributed by atoms with Crippen LogP contribution in [0.5, 0.6) is 0 Å². The molecule has 0 spiro atoms. The molecule has 0 bridgehead atoms. The maximum Gasteiger partial charge on any atom is 0.224 e. The second-order valence-electron chi connectivity index (χ2n) is 2.32. The molecule has 2 rings (SSSR count). The summed E-state index contributed by atoms with van der Waals surface area (Å²) < 4.78 is 0. The molecule has 0 N–H and O–H groups in total. The predicted molar refractivity (Wildman–Crippen MR) is 34.6 cm³/mol. The van der Waals surface area contributed by atoms with Gasteiger partial charge in [0.05, 0.1) is 12.1 Å². The molecule has 3 heteroatoms. The Bertz CT molecular complexity index is 164. The van der Waals surface area contributed by atoms with Gasteiger partial charge in [0, 0.05) is 6.21 Å². The minimum atomic E-state index is 0.0127. The normalized spacial score (nSPS) is 38.2. The maximum atomic E-state index is 4.93. The molecular weight excluding hydrogens is 116 g/mol. The summed E-state index contributed by atoms with van der Waals surface area (Å²) in [5.41, 5.74) is 0. The summed E-state index contributed by atoms with van der Waals surface area (Å²) in [6, 6.07) is 0. The van der Waals surface area contributed by atoms with Crippen molar-refractivity contribution in [2.75, 3.05) is 0 Å². The SMILES string of the molecule is C1=NOC2N=CCCC12. The van der Waals surface area contributed by atoms with Crippen LogP contribution < -0.4 is 0 Å². The van der Waals surface area contributed by atoms with Crippen molar-refractivity contribution in [3.05, 3.63) is 0 Å². The summed E-state index contributed by atoms with van der Waals surface area (Å²) in [5, 5.41) is 3.69. The van der Waals surface area contributed by atoms with Crippen molar-refractivity contribution in [3.8, 4) is 0 Å². The van der Waals surface area contributed by atoms with E-state index in [9.17, 15) is 0 Å². The van der Waals surface area contributed by atoms with Crippen molar-refractivity contribution in [2.45, 2.75) is 19.1 Å². The highest BCUT2D eigenvalue weighted by Gasteiger charge is 2.26. The van der Waals surface area contributed by atoms with Gasteiger partial charge in [0.1, 0.15) is 0 Å². The molecule has 0 amide bonds. The van der Waals surface area contributed by atoms with Gasteiger partial charge >= 0.3 is 0 Å². The van der Waals surface area contributed by atoms with Gasteiger partial charge in [0.15, 0.2) is 0 Å². The second kappa shape index (κ2) is 1.83. The van der Waals surface area contributed by atoms with Crippen LogP contribution in [0.1, 0.15) is 12.8 Å². The molecule has 48 valence electrons. The highest BCUT2D eigenvalue weighted by atomic mass is 16.7. The third kappa shape index (κ3) is 0.724. The number of hydrogen-bond acceptors (Lipinski definition) is 3. The van der Waals surface area contributed by atoms with Gasteiger partial charge in [-0.15, -0.1) is 0 Å². The van der Waals surface area contributed by atoms with Gasteiger partial charge in [-0.1, -0.05) is 5.16 Å². The third-order valence-electron chi connectivity index (χ3n) is 1.67. The summed E-state index contributed by atoms with van der Waals surface area (Å²) in [6.45, 7) is 0. The van der Waals surface area contributed by atoms with Crippen molar-refractivity contribution < 1.29 is 4.84 Å². The van der Waals surface area contributed by atoms with E-state index in [0.29, 0.717) is 5.92 Å². The van der Waals surface area contributed by atoms with Crippen LogP contribution in [0.3, 0.4) is 0 Å². The lowest BCUT2D eigenvalue weighted by Crippen LogP contribution is -2.19. The summed E-state index contributed by atoms with van der Waals surface area (Å²) in [4.78, 5) is 9.05. The molecular formula is C6H8N2O. The van der Waals surface area contributed by atoms with Crippen LogP contribution >= 0.6 is 0 Å². The van der Waals surface area contributed by atoms with E-state index in [-0.39, 0.29) is 6.23 Å². The first-order valence-electron chi connectivity index (χ1n) is 3.18. The smallest absolute Gasteiger partial charge is 0.224 e. The molecule has 0 aromatic carbocycles. The van der Waals surface area contributed by atoms with Gasteiger partial charge in [-0.3, -0.25) is 4.99 Å². The molecule has 0 aliphatic carbocycles. The maximum absolute atomic E-state index is 4.93. The zero-order valence-electron chi connectivity index (χ0n) is 5.03. The van der Waals surface area contributed by atoms with E-state index in [1.807, 2.05) is 12.4 Å². The summed E-state index contributed by atoms with van der Waals surface area (Å²) >= 11 is 0. The van der Waals surface area contributed by atoms with E-state index >= 15 is 0 Å². The third-order valence-corrected chi connectivity index (χ3v) is 1.67. The lowest BCUT2D eigenvalue weighted by Gasteiger charge is -2.14. The Morgan fingerprint density at radius 2 is 2.56 bits per heavy atom. The van der Waals surface area contributed by atoms with E-state index in [1.54, 1.807) is 0 Å². The average molecular weight is 124 g/mol. The standard InChI is InChI=1S/C6H8N2O/c1-2-5-4-8-9-6(5)7-3-1/h3-6H,1-2H2. The van der Waals surface area contributed by atoms with Gasteiger partial charge in [-0.25, -0.2) is 0 Å². The first-order valence-corrected chi connectivity index (χ1v) is 3.18. The Morgan fingerprint density at radius 3 is 3.44 bits per heavy atom. The first-order chi connectivity index (χ1) is 4.47. The topological polar surface area (TPSA) is 34.0 Å². The van der Waals surface area contributed by atoms with Crippen LogP contribution in [-0.4, -0.2) is 18.7 Å². The Kier molecular flexibility index (Phi) is 1.01. The highest BCUT2D eigenvalue weighted by molar-refractivity contribution is 5.67. The minimum Gasteiger partial charge on any atom is -0.368 e. The van der Waals surface area contributed by atoms with Crippen LogP contribution in [0.4, 0.5) is 0 Å². The van der Waals surface area contributed by atoms with Crippen LogP contribution in [-0.2, 0) is 4.84 Å². The lowest BCUT2D eigenvalue weighted by atomic mass is 10.0. The van der Waals surface area contributed by atoms with Crippen molar-refractivity contribution in [2.24, 2.45) is 16.1 Å². The second-order valence-corrected chi connectivity index (χ2v) is 2.32. The van der Waals surface area contributed by atoms with Crippen molar-refractivity contribution >= 4 is 12.4 Å². The monoisotopic (exact) mass is 124 g/mol. The average Bonchev–Trinajstić information content (AvgIpc) is 2.33. The molecule has 2 atom stereocenters. The fraction of sp³-hybridized carbons (Fsp3) is 0.667. The van der Waals surface area contributed by atoms with E-state index in [1.165, 1.54) is 0 Å². The Morgan fingerprint density at radius 1 is 1.56 bits per heavy atom. The Balaban J connectivity index is 2.16. The summed E-state index contributed by atoms with van der Waals surface area (Å²) in [7, 11) is 0. The molecule has 2 heterocycles. The van der Waals surface area contributed by atoms with E-state index in [2.05, 4.69) is 10.1 Å². The molecule has 0 radical (unpaired) electrons. The summed E-state index contributed by atoms with van der Waals surface area (Å²) in [5.74, 6) is 0.454. The van der Waals surface area contributed by atoms with E-state index in [4.69, 9.17) is 4.84 Å². The van der Waals surface area contributed by atoms with Crippen LogP contribution in [0.2, 0.25) is 0 Å².